The summed E-state index contributed by atoms with van der Waals surface area (Å²) in [6, 6.07) is 5.51. The summed E-state index contributed by atoms with van der Waals surface area (Å²) in [6.45, 7) is 2.09. The van der Waals surface area contributed by atoms with Gasteiger partial charge in [0.25, 0.3) is 17.1 Å². The summed E-state index contributed by atoms with van der Waals surface area (Å²) < 4.78 is 0.824. The lowest BCUT2D eigenvalue weighted by Gasteiger charge is -2.29. The van der Waals surface area contributed by atoms with Crippen molar-refractivity contribution >= 4 is 56.0 Å². The van der Waals surface area contributed by atoms with Crippen LogP contribution >= 0.6 is 27.7 Å². The van der Waals surface area contributed by atoms with Crippen LogP contribution in [-0.4, -0.2) is 53.7 Å². The molecule has 26 heavy (non-hydrogen) atoms. The third-order valence-electron chi connectivity index (χ3n) is 4.97. The summed E-state index contributed by atoms with van der Waals surface area (Å²) >= 11 is 4.29. The second kappa shape index (κ2) is 6.83. The van der Waals surface area contributed by atoms with Crippen LogP contribution in [0.3, 0.4) is 0 Å². The minimum atomic E-state index is -0.366. The van der Waals surface area contributed by atoms with Gasteiger partial charge in [-0.15, -0.1) is 0 Å². The summed E-state index contributed by atoms with van der Waals surface area (Å²) in [5.74, 6) is -0.614. The first-order valence-electron chi connectivity index (χ1n) is 8.55. The molecule has 0 saturated carbocycles. The maximum atomic E-state index is 12.9. The van der Waals surface area contributed by atoms with Crippen LogP contribution < -0.4 is 4.90 Å². The highest BCUT2D eigenvalue weighted by molar-refractivity contribution is 9.10. The van der Waals surface area contributed by atoms with Crippen molar-refractivity contribution in [2.24, 2.45) is 0 Å². The van der Waals surface area contributed by atoms with Crippen molar-refractivity contribution in [2.45, 2.75) is 19.3 Å². The van der Waals surface area contributed by atoms with E-state index in [-0.39, 0.29) is 22.0 Å². The number of thioether (sulfide) groups is 1. The van der Waals surface area contributed by atoms with Gasteiger partial charge in [0.2, 0.25) is 0 Å². The third kappa shape index (κ3) is 2.90. The summed E-state index contributed by atoms with van der Waals surface area (Å²) in [6.07, 6.45) is 3.36. The van der Waals surface area contributed by atoms with Crippen LogP contribution in [0.4, 0.5) is 10.5 Å². The normalized spacial score (nSPS) is 24.0. The number of carbonyl (C=O) groups is 3. The van der Waals surface area contributed by atoms with Crippen LogP contribution in [0.15, 0.2) is 27.6 Å². The number of rotatable bonds is 2. The minimum Gasteiger partial charge on any atom is -0.311 e. The quantitative estimate of drug-likeness (QED) is 0.667. The zero-order valence-electron chi connectivity index (χ0n) is 14.3. The largest absolute Gasteiger partial charge is 0.311 e. The fourth-order valence-electron chi connectivity index (χ4n) is 3.59. The lowest BCUT2D eigenvalue weighted by molar-refractivity contribution is -0.124. The molecule has 0 radical (unpaired) electrons. The number of halogens is 1. The summed E-state index contributed by atoms with van der Waals surface area (Å²) in [7, 11) is 1.68. The summed E-state index contributed by atoms with van der Waals surface area (Å²) in [5, 5.41) is -0.304. The number of likely N-dealkylation sites (tertiary alicyclic amines) is 1. The number of nitrogens with zero attached hydrogens (tertiary/aromatic N) is 3. The van der Waals surface area contributed by atoms with Crippen LogP contribution in [0.2, 0.25) is 0 Å². The Hall–Kier alpha value is -1.64. The predicted octanol–water partition coefficient (Wildman–Crippen LogP) is 3.28. The number of benzene rings is 1. The first-order valence-corrected chi connectivity index (χ1v) is 10.2. The Morgan fingerprint density at radius 1 is 1.08 bits per heavy atom. The lowest BCUT2D eigenvalue weighted by atomic mass is 10.1. The monoisotopic (exact) mass is 435 g/mol. The molecule has 3 heterocycles. The zero-order valence-corrected chi connectivity index (χ0v) is 16.7. The fourth-order valence-corrected chi connectivity index (χ4v) is 4.87. The Balaban J connectivity index is 1.69. The van der Waals surface area contributed by atoms with Gasteiger partial charge in [-0.05, 0) is 55.9 Å². The van der Waals surface area contributed by atoms with E-state index in [9.17, 15) is 14.4 Å². The first-order chi connectivity index (χ1) is 12.5. The number of hydrogen-bond donors (Lipinski definition) is 0. The molecule has 6 nitrogen and oxygen atoms in total. The van der Waals surface area contributed by atoms with Gasteiger partial charge in [-0.1, -0.05) is 22.4 Å². The highest BCUT2D eigenvalue weighted by Crippen LogP contribution is 2.44. The van der Waals surface area contributed by atoms with Gasteiger partial charge in [-0.25, -0.2) is 0 Å². The average molecular weight is 436 g/mol. The molecule has 0 atom stereocenters. The third-order valence-corrected chi connectivity index (χ3v) is 6.45. The summed E-state index contributed by atoms with van der Waals surface area (Å²) in [5.41, 5.74) is 1.76. The van der Waals surface area contributed by atoms with E-state index in [1.54, 1.807) is 7.05 Å². The van der Waals surface area contributed by atoms with E-state index in [0.29, 0.717) is 17.8 Å². The molecule has 0 unspecified atom stereocenters. The van der Waals surface area contributed by atoms with Crippen LogP contribution in [-0.2, 0) is 9.59 Å². The number of piperidine rings is 1. The van der Waals surface area contributed by atoms with Crippen LogP contribution in [0.5, 0.6) is 0 Å². The second-order valence-corrected chi connectivity index (χ2v) is 8.53. The average Bonchev–Trinajstić information content (AvgIpc) is 3.03. The number of anilines is 1. The number of hydrogen-bond acceptors (Lipinski definition) is 5. The predicted molar refractivity (Wildman–Crippen MR) is 105 cm³/mol. The van der Waals surface area contributed by atoms with Crippen molar-refractivity contribution < 1.29 is 14.4 Å². The number of carbonyl (C=O) groups excluding carboxylic acids is 3. The van der Waals surface area contributed by atoms with E-state index in [1.165, 1.54) is 16.2 Å². The lowest BCUT2D eigenvalue weighted by Crippen LogP contribution is -2.42. The fraction of sp³-hybridized carbons (Fsp3) is 0.389. The Bertz CT molecular complexity index is 848. The molecule has 3 amide bonds. The molecule has 8 heteroatoms. The van der Waals surface area contributed by atoms with E-state index in [0.717, 1.165) is 47.9 Å². The molecule has 3 aliphatic heterocycles. The van der Waals surface area contributed by atoms with Gasteiger partial charge in [-0.3, -0.25) is 24.2 Å². The van der Waals surface area contributed by atoms with Gasteiger partial charge in [0.15, 0.2) is 0 Å². The van der Waals surface area contributed by atoms with Crippen molar-refractivity contribution in [3.05, 3.63) is 33.1 Å². The topological polar surface area (TPSA) is 60.9 Å². The van der Waals surface area contributed by atoms with Crippen LogP contribution in [0, 0.1) is 0 Å². The number of fused-ring (bicyclic) bond motifs is 1. The van der Waals surface area contributed by atoms with Gasteiger partial charge in [0, 0.05) is 17.1 Å². The molecule has 0 aromatic heterocycles. The Morgan fingerprint density at radius 2 is 1.81 bits per heavy atom. The standard InChI is InChI=1S/C18H18BrN3O3S/c1-20-13-6-5-11(19)9-12(13)14(16(20)23)15-17(24)22(18(25)26-15)10-21-7-3-2-4-8-21/h5-6,9H,2-4,7-8,10H2,1H3/b15-14-. The van der Waals surface area contributed by atoms with Gasteiger partial charge in [0.1, 0.15) is 0 Å². The molecule has 0 N–H and O–H groups in total. The molecule has 4 rings (SSSR count). The smallest absolute Gasteiger partial charge is 0.294 e. The van der Waals surface area contributed by atoms with Crippen molar-refractivity contribution in [3.63, 3.8) is 0 Å². The van der Waals surface area contributed by atoms with Crippen molar-refractivity contribution in [3.8, 4) is 0 Å². The maximum Gasteiger partial charge on any atom is 0.294 e. The van der Waals surface area contributed by atoms with Crippen LogP contribution in [0.25, 0.3) is 5.57 Å². The van der Waals surface area contributed by atoms with E-state index in [1.807, 2.05) is 18.2 Å². The Morgan fingerprint density at radius 3 is 2.54 bits per heavy atom. The van der Waals surface area contributed by atoms with E-state index in [2.05, 4.69) is 20.8 Å². The van der Waals surface area contributed by atoms with E-state index < -0.39 is 0 Å². The molecular weight excluding hydrogens is 418 g/mol. The maximum absolute atomic E-state index is 12.9. The molecule has 0 aliphatic carbocycles. The molecule has 0 spiro atoms. The molecule has 1 aromatic carbocycles. The Kier molecular flexibility index (Phi) is 4.66. The highest BCUT2D eigenvalue weighted by Gasteiger charge is 2.43. The van der Waals surface area contributed by atoms with E-state index in [4.69, 9.17) is 0 Å². The molecule has 3 aliphatic rings. The number of likely N-dealkylation sites (N-methyl/N-ethyl adjacent to an activating group) is 1. The van der Waals surface area contributed by atoms with E-state index >= 15 is 0 Å². The van der Waals surface area contributed by atoms with Crippen LogP contribution in [0.1, 0.15) is 24.8 Å². The Labute approximate surface area is 164 Å². The zero-order chi connectivity index (χ0) is 18.4. The molecular formula is C18H18BrN3O3S. The van der Waals surface area contributed by atoms with Crippen molar-refractivity contribution in [2.75, 3.05) is 31.7 Å². The molecule has 2 saturated heterocycles. The molecule has 136 valence electrons. The molecule has 0 bridgehead atoms. The molecule has 1 aromatic rings. The highest BCUT2D eigenvalue weighted by atomic mass is 79.9. The van der Waals surface area contributed by atoms with Gasteiger partial charge >= 0.3 is 0 Å². The number of imide groups is 1. The van der Waals surface area contributed by atoms with Gasteiger partial charge in [0.05, 0.1) is 22.8 Å². The minimum absolute atomic E-state index is 0.237. The van der Waals surface area contributed by atoms with Crippen molar-refractivity contribution in [1.82, 2.24) is 9.80 Å². The van der Waals surface area contributed by atoms with Gasteiger partial charge in [-0.2, -0.15) is 0 Å². The molecule has 2 fully saturated rings. The van der Waals surface area contributed by atoms with Gasteiger partial charge < -0.3 is 4.90 Å². The van der Waals surface area contributed by atoms with Crippen molar-refractivity contribution in [1.29, 1.82) is 0 Å². The summed E-state index contributed by atoms with van der Waals surface area (Å²) in [4.78, 5) is 43.3. The number of amides is 3. The SMILES string of the molecule is CN1C(=O)/C(=C2\SC(=O)N(CN3CCCCC3)C2=O)c2cc(Br)ccc21. The first kappa shape index (κ1) is 17.8. The second-order valence-electron chi connectivity index (χ2n) is 6.65.